The zero-order valence-electron chi connectivity index (χ0n) is 20.1. The van der Waals surface area contributed by atoms with Gasteiger partial charge in [-0.15, -0.1) is 24.0 Å². The molecule has 1 fully saturated rings. The Hall–Kier alpha value is -2.59. The summed E-state index contributed by atoms with van der Waals surface area (Å²) in [5.41, 5.74) is 2.31. The van der Waals surface area contributed by atoms with Crippen LogP contribution >= 0.6 is 24.0 Å². The Kier molecular flexibility index (Phi) is 12.5. The van der Waals surface area contributed by atoms with Crippen LogP contribution in [0.25, 0.3) is 6.08 Å². The summed E-state index contributed by atoms with van der Waals surface area (Å²) in [7, 11) is 1.82. The predicted octanol–water partition coefficient (Wildman–Crippen LogP) is 3.23. The van der Waals surface area contributed by atoms with Crippen molar-refractivity contribution in [1.29, 1.82) is 0 Å². The molecule has 0 bridgehead atoms. The molecule has 0 unspecified atom stereocenters. The molecule has 184 valence electrons. The van der Waals surface area contributed by atoms with Crippen molar-refractivity contribution in [2.24, 2.45) is 4.99 Å². The second-order valence-corrected chi connectivity index (χ2v) is 7.89. The molecular formula is C26H36IN5O2. The Balaban J connectivity index is 0.00000408. The Morgan fingerprint density at radius 3 is 2.53 bits per heavy atom. The van der Waals surface area contributed by atoms with Crippen LogP contribution in [0.1, 0.15) is 18.1 Å². The highest BCUT2D eigenvalue weighted by molar-refractivity contribution is 14.0. The molecule has 34 heavy (non-hydrogen) atoms. The van der Waals surface area contributed by atoms with Crippen molar-refractivity contribution in [2.45, 2.75) is 13.5 Å². The summed E-state index contributed by atoms with van der Waals surface area (Å²) in [6, 6.07) is 18.2. The van der Waals surface area contributed by atoms with Gasteiger partial charge in [0.15, 0.2) is 12.6 Å². The van der Waals surface area contributed by atoms with Gasteiger partial charge in [-0.2, -0.15) is 0 Å². The third-order valence-corrected chi connectivity index (χ3v) is 5.45. The fraction of sp³-hybridized carbons (Fsp3) is 0.385. The van der Waals surface area contributed by atoms with Gasteiger partial charge in [0.25, 0.3) is 5.91 Å². The molecule has 0 spiro atoms. The maximum absolute atomic E-state index is 11.6. The number of halogens is 1. The van der Waals surface area contributed by atoms with Gasteiger partial charge in [-0.1, -0.05) is 54.6 Å². The molecule has 0 radical (unpaired) electrons. The van der Waals surface area contributed by atoms with E-state index >= 15 is 0 Å². The molecular weight excluding hydrogens is 541 g/mol. The van der Waals surface area contributed by atoms with E-state index in [1.54, 1.807) is 0 Å². The molecule has 2 aromatic carbocycles. The number of piperazine rings is 1. The van der Waals surface area contributed by atoms with Gasteiger partial charge in [0.05, 0.1) is 0 Å². The number of aliphatic imine (C=N–C) groups is 1. The molecule has 1 aliphatic rings. The lowest BCUT2D eigenvalue weighted by Crippen LogP contribution is -2.52. The van der Waals surface area contributed by atoms with Crippen LogP contribution in [0.5, 0.6) is 5.75 Å². The first kappa shape index (κ1) is 27.7. The first-order valence-corrected chi connectivity index (χ1v) is 11.6. The van der Waals surface area contributed by atoms with Crippen LogP contribution < -0.4 is 15.4 Å². The van der Waals surface area contributed by atoms with Crippen molar-refractivity contribution in [3.63, 3.8) is 0 Å². The Morgan fingerprint density at radius 2 is 1.82 bits per heavy atom. The van der Waals surface area contributed by atoms with E-state index in [0.717, 1.165) is 44.2 Å². The van der Waals surface area contributed by atoms with Crippen LogP contribution in [-0.4, -0.2) is 74.6 Å². The number of carbonyl (C=O) groups is 1. The standard InChI is InChI=1S/C26H35N5O2.HI/c1-3-28-25(32)21-33-24-13-7-11-23(19-24)20-29-26(27-2)31-17-15-30(16-18-31)14-8-12-22-9-5-4-6-10-22;/h4-13,19H,3,14-18,20-21H2,1-2H3,(H,27,29)(H,28,32);1H/b12-8+;. The molecule has 1 saturated heterocycles. The highest BCUT2D eigenvalue weighted by Crippen LogP contribution is 2.13. The third kappa shape index (κ3) is 9.34. The molecule has 7 nitrogen and oxygen atoms in total. The zero-order valence-corrected chi connectivity index (χ0v) is 22.4. The average Bonchev–Trinajstić information content (AvgIpc) is 2.85. The van der Waals surface area contributed by atoms with E-state index in [9.17, 15) is 4.79 Å². The van der Waals surface area contributed by atoms with Crippen molar-refractivity contribution >= 4 is 41.9 Å². The zero-order chi connectivity index (χ0) is 23.3. The lowest BCUT2D eigenvalue weighted by atomic mass is 10.2. The highest BCUT2D eigenvalue weighted by Gasteiger charge is 2.18. The first-order chi connectivity index (χ1) is 16.2. The number of hydrogen-bond donors (Lipinski definition) is 2. The molecule has 1 aliphatic heterocycles. The maximum atomic E-state index is 11.6. The van der Waals surface area contributed by atoms with Crippen LogP contribution in [0, 0.1) is 0 Å². The Bertz CT molecular complexity index is 928. The van der Waals surface area contributed by atoms with E-state index in [4.69, 9.17) is 4.74 Å². The van der Waals surface area contributed by atoms with Gasteiger partial charge in [0.2, 0.25) is 0 Å². The number of guanidine groups is 1. The molecule has 2 N–H and O–H groups in total. The number of likely N-dealkylation sites (N-methyl/N-ethyl adjacent to an activating group) is 1. The van der Waals surface area contributed by atoms with Crippen LogP contribution in [0.4, 0.5) is 0 Å². The monoisotopic (exact) mass is 577 g/mol. The molecule has 0 saturated carbocycles. The predicted molar refractivity (Wildman–Crippen MR) is 150 cm³/mol. The van der Waals surface area contributed by atoms with Crippen molar-refractivity contribution in [1.82, 2.24) is 20.4 Å². The number of amides is 1. The molecule has 8 heteroatoms. The molecule has 0 atom stereocenters. The molecule has 2 aromatic rings. The SMILES string of the molecule is CCNC(=O)COc1cccc(CNC(=NC)N2CCN(C/C=C/c3ccccc3)CC2)c1.I. The highest BCUT2D eigenvalue weighted by atomic mass is 127. The van der Waals surface area contributed by atoms with Crippen molar-refractivity contribution < 1.29 is 9.53 Å². The molecule has 0 aliphatic carbocycles. The summed E-state index contributed by atoms with van der Waals surface area (Å²) in [4.78, 5) is 20.8. The topological polar surface area (TPSA) is 69.2 Å². The summed E-state index contributed by atoms with van der Waals surface area (Å²) >= 11 is 0. The van der Waals surface area contributed by atoms with E-state index < -0.39 is 0 Å². The number of hydrogen-bond acceptors (Lipinski definition) is 4. The van der Waals surface area contributed by atoms with Gasteiger partial charge in [0.1, 0.15) is 5.75 Å². The number of nitrogens with zero attached hydrogens (tertiary/aromatic N) is 3. The van der Waals surface area contributed by atoms with Gasteiger partial charge >= 0.3 is 0 Å². The fourth-order valence-corrected chi connectivity index (χ4v) is 3.70. The minimum absolute atomic E-state index is 0. The van der Waals surface area contributed by atoms with Gasteiger partial charge in [0, 0.05) is 52.9 Å². The van der Waals surface area contributed by atoms with E-state index in [0.29, 0.717) is 18.8 Å². The maximum Gasteiger partial charge on any atom is 0.257 e. The van der Waals surface area contributed by atoms with E-state index in [1.807, 2.05) is 44.3 Å². The van der Waals surface area contributed by atoms with E-state index in [2.05, 4.69) is 61.8 Å². The number of carbonyl (C=O) groups excluding carboxylic acids is 1. The Labute approximate surface area is 220 Å². The average molecular weight is 578 g/mol. The largest absolute Gasteiger partial charge is 0.484 e. The number of ether oxygens (including phenoxy) is 1. The minimum atomic E-state index is -0.115. The molecule has 3 rings (SSSR count). The first-order valence-electron chi connectivity index (χ1n) is 11.6. The van der Waals surface area contributed by atoms with Crippen molar-refractivity contribution in [3.05, 3.63) is 71.8 Å². The van der Waals surface area contributed by atoms with Gasteiger partial charge in [-0.05, 0) is 30.2 Å². The third-order valence-electron chi connectivity index (χ3n) is 5.45. The summed E-state index contributed by atoms with van der Waals surface area (Å²) < 4.78 is 5.59. The van der Waals surface area contributed by atoms with Gasteiger partial charge in [-0.25, -0.2) is 0 Å². The second kappa shape index (κ2) is 15.3. The van der Waals surface area contributed by atoms with E-state index in [-0.39, 0.29) is 36.5 Å². The fourth-order valence-electron chi connectivity index (χ4n) is 3.70. The minimum Gasteiger partial charge on any atom is -0.484 e. The molecule has 0 aromatic heterocycles. The quantitative estimate of drug-likeness (QED) is 0.272. The van der Waals surface area contributed by atoms with Crippen LogP contribution in [0.15, 0.2) is 65.7 Å². The summed E-state index contributed by atoms with van der Waals surface area (Å²) in [5.74, 6) is 1.48. The summed E-state index contributed by atoms with van der Waals surface area (Å²) in [5, 5.41) is 6.19. The van der Waals surface area contributed by atoms with E-state index in [1.165, 1.54) is 5.56 Å². The Morgan fingerprint density at radius 1 is 1.06 bits per heavy atom. The summed E-state index contributed by atoms with van der Waals surface area (Å²) in [6.07, 6.45) is 4.42. The smallest absolute Gasteiger partial charge is 0.257 e. The van der Waals surface area contributed by atoms with Gasteiger partial charge in [-0.3, -0.25) is 14.7 Å². The molecule has 1 heterocycles. The van der Waals surface area contributed by atoms with Gasteiger partial charge < -0.3 is 20.3 Å². The van der Waals surface area contributed by atoms with Crippen LogP contribution in [0.2, 0.25) is 0 Å². The molecule has 1 amide bonds. The van der Waals surface area contributed by atoms with Crippen molar-refractivity contribution in [3.8, 4) is 5.75 Å². The normalized spacial score (nSPS) is 14.5. The number of benzene rings is 2. The van der Waals surface area contributed by atoms with Crippen LogP contribution in [0.3, 0.4) is 0 Å². The lowest BCUT2D eigenvalue weighted by molar-refractivity contribution is -0.122. The van der Waals surface area contributed by atoms with Crippen molar-refractivity contribution in [2.75, 3.05) is 52.9 Å². The summed E-state index contributed by atoms with van der Waals surface area (Å²) in [6.45, 7) is 8.00. The number of nitrogens with one attached hydrogen (secondary N) is 2. The lowest BCUT2D eigenvalue weighted by Gasteiger charge is -2.36. The second-order valence-electron chi connectivity index (χ2n) is 7.89. The number of rotatable bonds is 9. The van der Waals surface area contributed by atoms with Crippen LogP contribution in [-0.2, 0) is 11.3 Å².